The lowest BCUT2D eigenvalue weighted by Gasteiger charge is -2.32. The maximum atomic E-state index is 15.4. The normalized spacial score (nSPS) is 16.1. The molecule has 1 aliphatic heterocycles. The molecule has 0 radical (unpaired) electrons. The number of carbonyl (C=O) groups excluding carboxylic acids is 2. The van der Waals surface area contributed by atoms with E-state index in [1.165, 1.54) is 25.5 Å². The summed E-state index contributed by atoms with van der Waals surface area (Å²) in [5.74, 6) is -6.33. The summed E-state index contributed by atoms with van der Waals surface area (Å²) < 4.78 is 98.4. The number of ether oxygens (including phenoxy) is 1. The van der Waals surface area contributed by atoms with E-state index in [0.29, 0.717) is 24.2 Å². The van der Waals surface area contributed by atoms with Crippen molar-refractivity contribution in [2.75, 3.05) is 24.8 Å². The molecule has 41 heavy (non-hydrogen) atoms. The first-order valence-electron chi connectivity index (χ1n) is 12.7. The van der Waals surface area contributed by atoms with E-state index in [1.807, 2.05) is 0 Å². The van der Waals surface area contributed by atoms with E-state index < -0.39 is 60.7 Å². The second kappa shape index (κ2) is 11.7. The van der Waals surface area contributed by atoms with Crippen LogP contribution < -0.4 is 14.9 Å². The van der Waals surface area contributed by atoms with Gasteiger partial charge < -0.3 is 14.2 Å². The Morgan fingerprint density at radius 2 is 1.71 bits per heavy atom. The summed E-state index contributed by atoms with van der Waals surface area (Å²) in [5, 5.41) is 0.387. The summed E-state index contributed by atoms with van der Waals surface area (Å²) in [6, 6.07) is 11.4. The molecule has 3 aromatic carbocycles. The summed E-state index contributed by atoms with van der Waals surface area (Å²) in [5.41, 5.74) is -0.288. The maximum absolute atomic E-state index is 15.4. The van der Waals surface area contributed by atoms with Crippen LogP contribution in [0.1, 0.15) is 24.8 Å². The molecule has 0 bridgehead atoms. The zero-order valence-electron chi connectivity index (χ0n) is 22.1. The zero-order chi connectivity index (χ0) is 30.1. The van der Waals surface area contributed by atoms with Gasteiger partial charge in [-0.1, -0.05) is 30.3 Å². The van der Waals surface area contributed by atoms with Gasteiger partial charge in [0.25, 0.3) is 0 Å². The van der Waals surface area contributed by atoms with Gasteiger partial charge in [0.2, 0.25) is 5.91 Å². The lowest BCUT2D eigenvalue weighted by molar-refractivity contribution is -0.274. The quantitative estimate of drug-likeness (QED) is 0.210. The molecule has 1 heterocycles. The Hall–Kier alpha value is -3.59. The van der Waals surface area contributed by atoms with Crippen molar-refractivity contribution >= 4 is 29.8 Å². The fourth-order valence-corrected chi connectivity index (χ4v) is 6.15. The topological polar surface area (TPSA) is 63.7 Å². The molecule has 1 aliphatic rings. The third kappa shape index (κ3) is 7.01. The number of halogens is 6. The number of hydrogen-bond donors (Lipinski definition) is 0. The summed E-state index contributed by atoms with van der Waals surface area (Å²) in [7, 11) is -2.83. The predicted molar refractivity (Wildman–Crippen MR) is 142 cm³/mol. The van der Waals surface area contributed by atoms with Crippen molar-refractivity contribution in [3.05, 3.63) is 77.6 Å². The van der Waals surface area contributed by atoms with E-state index in [2.05, 4.69) is 4.74 Å². The number of Topliss-reactive ketones (excluding diaryl/α,β-unsaturated/α-hetero) is 1. The molecular formula is C29H26F6NO4P. The zero-order valence-corrected chi connectivity index (χ0v) is 23.0. The lowest BCUT2D eigenvalue weighted by atomic mass is 9.89. The van der Waals surface area contributed by atoms with Crippen molar-refractivity contribution in [1.82, 2.24) is 0 Å². The average Bonchev–Trinajstić information content (AvgIpc) is 2.87. The molecule has 0 aromatic heterocycles. The van der Waals surface area contributed by atoms with Gasteiger partial charge >= 0.3 is 6.36 Å². The van der Waals surface area contributed by atoms with Crippen LogP contribution in [0.25, 0.3) is 11.1 Å². The average molecular weight is 597 g/mol. The number of ketones is 1. The van der Waals surface area contributed by atoms with E-state index in [9.17, 15) is 31.7 Å². The van der Waals surface area contributed by atoms with Crippen molar-refractivity contribution in [2.24, 2.45) is 5.92 Å². The van der Waals surface area contributed by atoms with Crippen molar-refractivity contribution in [3.8, 4) is 16.9 Å². The molecule has 0 saturated carbocycles. The maximum Gasteiger partial charge on any atom is 0.573 e. The SMILES string of the molecule is CP(C)(=O)c1ccccc1-c1ccc(N2CCC[C@@H](CC(=O)Cc3ccc(OC(F)(F)F)cc3F)C2=O)c(F)c1F. The largest absolute Gasteiger partial charge is 0.573 e. The Labute approximate surface area is 232 Å². The smallest absolute Gasteiger partial charge is 0.406 e. The summed E-state index contributed by atoms with van der Waals surface area (Å²) in [4.78, 5) is 27.0. The van der Waals surface area contributed by atoms with Crippen molar-refractivity contribution < 1.29 is 45.2 Å². The van der Waals surface area contributed by atoms with E-state index in [4.69, 9.17) is 0 Å². The number of alkyl halides is 3. The Kier molecular flexibility index (Phi) is 8.68. The molecule has 1 atom stereocenters. The van der Waals surface area contributed by atoms with Crippen LogP contribution in [0, 0.1) is 23.4 Å². The van der Waals surface area contributed by atoms with Gasteiger partial charge in [-0.05, 0) is 55.5 Å². The van der Waals surface area contributed by atoms with Crippen LogP contribution in [0.3, 0.4) is 0 Å². The Balaban J connectivity index is 1.50. The van der Waals surface area contributed by atoms with Gasteiger partial charge in [0.1, 0.15) is 24.5 Å². The fraction of sp³-hybridized carbons (Fsp3) is 0.310. The van der Waals surface area contributed by atoms with Crippen LogP contribution in [-0.4, -0.2) is 37.9 Å². The molecule has 12 heteroatoms. The minimum atomic E-state index is -5.00. The van der Waals surface area contributed by atoms with E-state index >= 15 is 8.78 Å². The number of piperidine rings is 1. The minimum absolute atomic E-state index is 0.0875. The van der Waals surface area contributed by atoms with Gasteiger partial charge in [-0.2, -0.15) is 0 Å². The monoisotopic (exact) mass is 597 g/mol. The van der Waals surface area contributed by atoms with E-state index in [0.717, 1.165) is 17.0 Å². The number of rotatable bonds is 8. The van der Waals surface area contributed by atoms with Gasteiger partial charge in [-0.15, -0.1) is 13.2 Å². The van der Waals surface area contributed by atoms with Crippen LogP contribution in [0.4, 0.5) is 32.0 Å². The molecule has 218 valence electrons. The third-order valence-corrected chi connectivity index (χ3v) is 8.35. The number of anilines is 1. The van der Waals surface area contributed by atoms with Gasteiger partial charge in [0.15, 0.2) is 11.6 Å². The lowest BCUT2D eigenvalue weighted by Crippen LogP contribution is -2.42. The first kappa shape index (κ1) is 30.4. The second-order valence-corrected chi connectivity index (χ2v) is 13.4. The number of carbonyl (C=O) groups is 2. The molecule has 1 fully saturated rings. The molecule has 0 N–H and O–H groups in total. The predicted octanol–water partition coefficient (Wildman–Crippen LogP) is 6.86. The highest BCUT2D eigenvalue weighted by molar-refractivity contribution is 7.70. The fourth-order valence-electron chi connectivity index (χ4n) is 4.93. The van der Waals surface area contributed by atoms with Crippen LogP contribution in [0.15, 0.2) is 54.6 Å². The molecular weight excluding hydrogens is 571 g/mol. The molecule has 3 aromatic rings. The van der Waals surface area contributed by atoms with E-state index in [-0.39, 0.29) is 35.3 Å². The van der Waals surface area contributed by atoms with Crippen LogP contribution in [0.2, 0.25) is 0 Å². The van der Waals surface area contributed by atoms with E-state index in [1.54, 1.807) is 24.3 Å². The van der Waals surface area contributed by atoms with Crippen molar-refractivity contribution in [3.63, 3.8) is 0 Å². The number of benzene rings is 3. The van der Waals surface area contributed by atoms with Crippen LogP contribution >= 0.6 is 7.14 Å². The van der Waals surface area contributed by atoms with Crippen molar-refractivity contribution in [1.29, 1.82) is 0 Å². The standard InChI is InChI=1S/C29H26F6NO4P/c1-41(2,39)25-8-4-3-7-21(25)22-11-12-24(27(32)26(22)31)36-13-5-6-18(28(36)38)15-19(37)14-17-9-10-20(16-23(17)30)40-29(33,34)35/h3-4,7-12,16,18H,5-6,13-15H2,1-2H3/t18-/m0/s1. The summed E-state index contributed by atoms with van der Waals surface area (Å²) >= 11 is 0. The second-order valence-electron chi connectivity index (χ2n) is 10.2. The molecule has 1 saturated heterocycles. The van der Waals surface area contributed by atoms with Gasteiger partial charge in [-0.3, -0.25) is 9.59 Å². The molecule has 5 nitrogen and oxygen atoms in total. The molecule has 0 unspecified atom stereocenters. The molecule has 1 amide bonds. The van der Waals surface area contributed by atoms with Crippen molar-refractivity contribution in [2.45, 2.75) is 32.0 Å². The molecule has 0 spiro atoms. The highest BCUT2D eigenvalue weighted by Gasteiger charge is 2.34. The van der Waals surface area contributed by atoms with Crippen LogP contribution in [-0.2, 0) is 20.6 Å². The van der Waals surface area contributed by atoms with Gasteiger partial charge in [0, 0.05) is 42.2 Å². The highest BCUT2D eigenvalue weighted by Crippen LogP contribution is 2.41. The Morgan fingerprint density at radius 3 is 2.37 bits per heavy atom. The van der Waals surface area contributed by atoms with Gasteiger partial charge in [0.05, 0.1) is 5.69 Å². The summed E-state index contributed by atoms with van der Waals surface area (Å²) in [6.07, 6.45) is -5.10. The Morgan fingerprint density at radius 1 is 1.00 bits per heavy atom. The molecule has 4 rings (SSSR count). The molecule has 0 aliphatic carbocycles. The first-order valence-corrected chi connectivity index (χ1v) is 15.3. The summed E-state index contributed by atoms with van der Waals surface area (Å²) in [6.45, 7) is 3.13. The number of amides is 1. The number of nitrogens with zero attached hydrogens (tertiary/aromatic N) is 1. The minimum Gasteiger partial charge on any atom is -0.406 e. The first-order chi connectivity index (χ1) is 19.2. The van der Waals surface area contributed by atoms with Crippen LogP contribution in [0.5, 0.6) is 5.75 Å². The Bertz CT molecular complexity index is 1530. The number of hydrogen-bond acceptors (Lipinski definition) is 4. The van der Waals surface area contributed by atoms with Gasteiger partial charge in [-0.25, -0.2) is 13.2 Å². The highest BCUT2D eigenvalue weighted by atomic mass is 31.2. The third-order valence-electron chi connectivity index (χ3n) is 6.80.